The van der Waals surface area contributed by atoms with Gasteiger partial charge < -0.3 is 9.47 Å². The van der Waals surface area contributed by atoms with Crippen molar-refractivity contribution in [2.45, 2.75) is 57.5 Å². The van der Waals surface area contributed by atoms with Crippen LogP contribution in [0.25, 0.3) is 0 Å². The van der Waals surface area contributed by atoms with Gasteiger partial charge in [-0.2, -0.15) is 0 Å². The third kappa shape index (κ3) is 4.66. The minimum Gasteiger partial charge on any atom is -0.345 e. The average Bonchev–Trinajstić information content (AvgIpc) is 2.87. The van der Waals surface area contributed by atoms with Crippen molar-refractivity contribution < 1.29 is 9.47 Å². The van der Waals surface area contributed by atoms with E-state index in [0.29, 0.717) is 0 Å². The lowest BCUT2D eigenvalue weighted by atomic mass is 9.99. The fourth-order valence-corrected chi connectivity index (χ4v) is 3.31. The highest BCUT2D eigenvalue weighted by atomic mass is 16.7. The van der Waals surface area contributed by atoms with Crippen molar-refractivity contribution in [2.75, 3.05) is 0 Å². The molecule has 0 aromatic heterocycles. The Labute approximate surface area is 139 Å². The van der Waals surface area contributed by atoms with E-state index in [1.165, 1.54) is 11.1 Å². The van der Waals surface area contributed by atoms with E-state index in [1.807, 2.05) is 13.8 Å². The van der Waals surface area contributed by atoms with Crippen LogP contribution < -0.4 is 0 Å². The van der Waals surface area contributed by atoms with Crippen LogP contribution in [0.1, 0.15) is 37.8 Å². The first kappa shape index (κ1) is 16.2. The normalized spacial score (nSPS) is 23.0. The molecule has 2 heteroatoms. The first-order valence-electron chi connectivity index (χ1n) is 8.56. The first-order chi connectivity index (χ1) is 11.1. The standard InChI is InChI=1S/C21H26O2/c1-21(2)22-19(15-13-17-9-5-3-6-10-17)20(23-21)16-14-18-11-7-4-8-12-18/h3-12,19-20H,13-16H2,1-2H3/t19-,20-/m1/s1. The van der Waals surface area contributed by atoms with Gasteiger partial charge in [-0.05, 0) is 50.7 Å². The fourth-order valence-electron chi connectivity index (χ4n) is 3.31. The third-order valence-electron chi connectivity index (χ3n) is 4.41. The number of rotatable bonds is 6. The van der Waals surface area contributed by atoms with E-state index < -0.39 is 5.79 Å². The predicted octanol–water partition coefficient (Wildman–Crippen LogP) is 4.77. The second kappa shape index (κ2) is 7.29. The van der Waals surface area contributed by atoms with E-state index in [0.717, 1.165) is 25.7 Å². The molecule has 23 heavy (non-hydrogen) atoms. The van der Waals surface area contributed by atoms with Crippen molar-refractivity contribution in [3.8, 4) is 0 Å². The Morgan fingerprint density at radius 2 is 1.09 bits per heavy atom. The maximum absolute atomic E-state index is 6.15. The molecule has 1 aliphatic heterocycles. The summed E-state index contributed by atoms with van der Waals surface area (Å²) in [4.78, 5) is 0. The predicted molar refractivity (Wildman–Crippen MR) is 93.4 cm³/mol. The lowest BCUT2D eigenvalue weighted by Gasteiger charge is -2.16. The Hall–Kier alpha value is -1.64. The molecule has 1 aliphatic rings. The molecule has 0 radical (unpaired) electrons. The van der Waals surface area contributed by atoms with Crippen LogP contribution in [0.4, 0.5) is 0 Å². The Morgan fingerprint density at radius 1 is 0.696 bits per heavy atom. The molecule has 2 atom stereocenters. The smallest absolute Gasteiger partial charge is 0.163 e. The maximum Gasteiger partial charge on any atom is 0.163 e. The van der Waals surface area contributed by atoms with E-state index >= 15 is 0 Å². The topological polar surface area (TPSA) is 18.5 Å². The quantitative estimate of drug-likeness (QED) is 0.765. The van der Waals surface area contributed by atoms with E-state index in [2.05, 4.69) is 60.7 Å². The Balaban J connectivity index is 1.58. The molecule has 1 fully saturated rings. The second-order valence-corrected chi connectivity index (χ2v) is 6.76. The summed E-state index contributed by atoms with van der Waals surface area (Å²) in [5.41, 5.74) is 2.73. The lowest BCUT2D eigenvalue weighted by Crippen LogP contribution is -2.23. The fraction of sp³-hybridized carbons (Fsp3) is 0.429. The number of hydrogen-bond donors (Lipinski definition) is 0. The molecule has 0 saturated carbocycles. The van der Waals surface area contributed by atoms with Crippen molar-refractivity contribution in [1.29, 1.82) is 0 Å². The highest BCUT2D eigenvalue weighted by molar-refractivity contribution is 5.16. The van der Waals surface area contributed by atoms with Crippen molar-refractivity contribution in [1.82, 2.24) is 0 Å². The van der Waals surface area contributed by atoms with Crippen molar-refractivity contribution in [2.24, 2.45) is 0 Å². The molecule has 0 amide bonds. The number of ether oxygens (including phenoxy) is 2. The van der Waals surface area contributed by atoms with Crippen LogP contribution in [0, 0.1) is 0 Å². The van der Waals surface area contributed by atoms with E-state index in [-0.39, 0.29) is 12.2 Å². The van der Waals surface area contributed by atoms with Gasteiger partial charge in [-0.25, -0.2) is 0 Å². The van der Waals surface area contributed by atoms with Crippen molar-refractivity contribution >= 4 is 0 Å². The second-order valence-electron chi connectivity index (χ2n) is 6.76. The van der Waals surface area contributed by atoms with E-state index in [4.69, 9.17) is 9.47 Å². The molecule has 2 aromatic carbocycles. The summed E-state index contributed by atoms with van der Waals surface area (Å²) in [7, 11) is 0. The van der Waals surface area contributed by atoms with Crippen LogP contribution in [0.5, 0.6) is 0 Å². The molecule has 122 valence electrons. The van der Waals surface area contributed by atoms with Gasteiger partial charge >= 0.3 is 0 Å². The lowest BCUT2D eigenvalue weighted by molar-refractivity contribution is -0.147. The van der Waals surface area contributed by atoms with Crippen LogP contribution in [0.3, 0.4) is 0 Å². The van der Waals surface area contributed by atoms with Crippen LogP contribution in [-0.2, 0) is 22.3 Å². The van der Waals surface area contributed by atoms with Crippen LogP contribution >= 0.6 is 0 Å². The molecule has 0 aliphatic carbocycles. The molecule has 0 bridgehead atoms. The summed E-state index contributed by atoms with van der Waals surface area (Å²) in [6.07, 6.45) is 4.43. The zero-order valence-electron chi connectivity index (χ0n) is 14.1. The Morgan fingerprint density at radius 3 is 1.48 bits per heavy atom. The van der Waals surface area contributed by atoms with Crippen LogP contribution in [0.15, 0.2) is 60.7 Å². The minimum absolute atomic E-state index is 0.175. The summed E-state index contributed by atoms with van der Waals surface area (Å²) >= 11 is 0. The van der Waals surface area contributed by atoms with Crippen molar-refractivity contribution in [3.05, 3.63) is 71.8 Å². The monoisotopic (exact) mass is 310 g/mol. The summed E-state index contributed by atoms with van der Waals surface area (Å²) in [5, 5.41) is 0. The highest BCUT2D eigenvalue weighted by Gasteiger charge is 2.40. The van der Waals surface area contributed by atoms with Gasteiger partial charge in [0, 0.05) is 0 Å². The van der Waals surface area contributed by atoms with Gasteiger partial charge in [-0.15, -0.1) is 0 Å². The van der Waals surface area contributed by atoms with Gasteiger partial charge in [0.25, 0.3) is 0 Å². The number of aryl methyl sites for hydroxylation is 2. The van der Waals surface area contributed by atoms with Crippen LogP contribution in [0.2, 0.25) is 0 Å². The zero-order chi connectivity index (χ0) is 16.1. The first-order valence-corrected chi connectivity index (χ1v) is 8.56. The summed E-state index contributed by atoms with van der Waals surface area (Å²) < 4.78 is 12.3. The third-order valence-corrected chi connectivity index (χ3v) is 4.41. The summed E-state index contributed by atoms with van der Waals surface area (Å²) in [5.74, 6) is -0.470. The van der Waals surface area contributed by atoms with Gasteiger partial charge in [-0.3, -0.25) is 0 Å². The van der Waals surface area contributed by atoms with Crippen LogP contribution in [-0.4, -0.2) is 18.0 Å². The van der Waals surface area contributed by atoms with Gasteiger partial charge in [0.2, 0.25) is 0 Å². The van der Waals surface area contributed by atoms with Gasteiger partial charge in [0.15, 0.2) is 5.79 Å². The molecule has 2 aromatic rings. The SMILES string of the molecule is CC1(C)O[C@H](CCc2ccccc2)[C@@H](CCc2ccccc2)O1. The molecule has 1 heterocycles. The van der Waals surface area contributed by atoms with Gasteiger partial charge in [0.1, 0.15) is 0 Å². The zero-order valence-corrected chi connectivity index (χ0v) is 14.1. The molecule has 0 N–H and O–H groups in total. The van der Waals surface area contributed by atoms with Gasteiger partial charge in [-0.1, -0.05) is 60.7 Å². The molecule has 2 nitrogen and oxygen atoms in total. The summed E-state index contributed by atoms with van der Waals surface area (Å²) in [6.45, 7) is 4.04. The maximum atomic E-state index is 6.15. The Kier molecular flexibility index (Phi) is 5.14. The number of hydrogen-bond acceptors (Lipinski definition) is 2. The summed E-state index contributed by atoms with van der Waals surface area (Å²) in [6, 6.07) is 21.2. The molecule has 1 saturated heterocycles. The Bertz CT molecular complexity index is 538. The molecule has 0 unspecified atom stereocenters. The minimum atomic E-state index is -0.470. The van der Waals surface area contributed by atoms with E-state index in [9.17, 15) is 0 Å². The molecule has 3 rings (SSSR count). The highest BCUT2D eigenvalue weighted by Crippen LogP contribution is 2.33. The molecular weight excluding hydrogens is 284 g/mol. The van der Waals surface area contributed by atoms with Crippen molar-refractivity contribution in [3.63, 3.8) is 0 Å². The molecule has 0 spiro atoms. The largest absolute Gasteiger partial charge is 0.345 e. The van der Waals surface area contributed by atoms with E-state index in [1.54, 1.807) is 0 Å². The number of benzene rings is 2. The molecular formula is C21H26O2. The average molecular weight is 310 g/mol. The van der Waals surface area contributed by atoms with Gasteiger partial charge in [0.05, 0.1) is 12.2 Å².